The molecule has 1 saturated heterocycles. The van der Waals surface area contributed by atoms with Gasteiger partial charge in [-0.1, -0.05) is 6.08 Å². The zero-order valence-electron chi connectivity index (χ0n) is 8.41. The van der Waals surface area contributed by atoms with Gasteiger partial charge in [0.2, 0.25) is 5.91 Å². The van der Waals surface area contributed by atoms with Crippen LogP contribution in [-0.4, -0.2) is 36.7 Å². The average Bonchev–Trinajstić information content (AvgIpc) is 2.19. The number of nitrogens with one attached hydrogen (secondary N) is 1. The Kier molecular flexibility index (Phi) is 4.16. The fraction of sp³-hybridized carbons (Fsp3) is 0.600. The Bertz CT molecular complexity index is 227. The van der Waals surface area contributed by atoms with Crippen molar-refractivity contribution >= 4 is 12.6 Å². The summed E-state index contributed by atoms with van der Waals surface area (Å²) < 4.78 is 0. The summed E-state index contributed by atoms with van der Waals surface area (Å²) in [5.74, 6) is 0.149. The van der Waals surface area contributed by atoms with Crippen molar-refractivity contribution in [2.75, 3.05) is 13.1 Å². The maximum atomic E-state index is 11.5. The number of carbonyl (C=O) groups excluding carboxylic acids is 1. The summed E-state index contributed by atoms with van der Waals surface area (Å²) in [6.07, 6.45) is 4.15. The van der Waals surface area contributed by atoms with Crippen LogP contribution in [-0.2, 0) is 4.79 Å². The summed E-state index contributed by atoms with van der Waals surface area (Å²) in [7, 11) is 0. The molecule has 1 fully saturated rings. The van der Waals surface area contributed by atoms with Gasteiger partial charge >= 0.3 is 0 Å². The standard InChI is InChI=1S/C10H17N3O/c1-3-5-10(14)13-7-4-6-9(8-13)12-11-2/h3,9,12H,1-2,4-8H2/t9-/m1/s1. The van der Waals surface area contributed by atoms with Crippen LogP contribution in [0.3, 0.4) is 0 Å². The molecule has 0 bridgehead atoms. The second-order valence-corrected chi connectivity index (χ2v) is 3.46. The number of hydrazone groups is 1. The van der Waals surface area contributed by atoms with Crippen molar-refractivity contribution in [2.24, 2.45) is 5.10 Å². The molecule has 0 aromatic heterocycles. The molecular formula is C10H17N3O. The SMILES string of the molecule is C=CCC(=O)N1CCC[C@@H](NN=C)C1. The smallest absolute Gasteiger partial charge is 0.226 e. The van der Waals surface area contributed by atoms with Gasteiger partial charge in [-0.2, -0.15) is 5.10 Å². The van der Waals surface area contributed by atoms with Crippen LogP contribution in [0.5, 0.6) is 0 Å². The summed E-state index contributed by atoms with van der Waals surface area (Å²) in [5.41, 5.74) is 2.91. The molecule has 1 rings (SSSR count). The lowest BCUT2D eigenvalue weighted by Crippen LogP contribution is -2.46. The molecule has 0 spiro atoms. The Morgan fingerprint density at radius 2 is 2.50 bits per heavy atom. The van der Waals surface area contributed by atoms with E-state index in [0.29, 0.717) is 6.42 Å². The Morgan fingerprint density at radius 3 is 3.14 bits per heavy atom. The summed E-state index contributed by atoms with van der Waals surface area (Å²) >= 11 is 0. The van der Waals surface area contributed by atoms with Gasteiger partial charge in [0.05, 0.1) is 6.04 Å². The average molecular weight is 195 g/mol. The van der Waals surface area contributed by atoms with Crippen molar-refractivity contribution in [2.45, 2.75) is 25.3 Å². The van der Waals surface area contributed by atoms with Crippen molar-refractivity contribution in [3.8, 4) is 0 Å². The van der Waals surface area contributed by atoms with Crippen LogP contribution >= 0.6 is 0 Å². The number of piperidine rings is 1. The molecule has 1 N–H and O–H groups in total. The number of nitrogens with zero attached hydrogens (tertiary/aromatic N) is 2. The number of likely N-dealkylation sites (tertiary alicyclic amines) is 1. The van der Waals surface area contributed by atoms with Crippen LogP contribution < -0.4 is 5.43 Å². The molecule has 1 heterocycles. The molecule has 4 nitrogen and oxygen atoms in total. The van der Waals surface area contributed by atoms with Crippen molar-refractivity contribution in [3.63, 3.8) is 0 Å². The van der Waals surface area contributed by atoms with Gasteiger partial charge in [-0.15, -0.1) is 6.58 Å². The second-order valence-electron chi connectivity index (χ2n) is 3.46. The molecule has 14 heavy (non-hydrogen) atoms. The van der Waals surface area contributed by atoms with Gasteiger partial charge in [0.15, 0.2) is 0 Å². The fourth-order valence-electron chi connectivity index (χ4n) is 1.69. The largest absolute Gasteiger partial charge is 0.340 e. The summed E-state index contributed by atoms with van der Waals surface area (Å²) in [6.45, 7) is 8.52. The molecule has 1 amide bonds. The van der Waals surface area contributed by atoms with Gasteiger partial charge in [0.25, 0.3) is 0 Å². The van der Waals surface area contributed by atoms with Crippen LogP contribution in [0.15, 0.2) is 17.8 Å². The van der Waals surface area contributed by atoms with Gasteiger partial charge in [-0.25, -0.2) is 0 Å². The molecule has 0 radical (unpaired) electrons. The molecule has 0 unspecified atom stereocenters. The van der Waals surface area contributed by atoms with Gasteiger partial charge in [0, 0.05) is 26.2 Å². The highest BCUT2D eigenvalue weighted by atomic mass is 16.2. The van der Waals surface area contributed by atoms with E-state index < -0.39 is 0 Å². The highest BCUT2D eigenvalue weighted by Gasteiger charge is 2.21. The minimum Gasteiger partial charge on any atom is -0.340 e. The van der Waals surface area contributed by atoms with Crippen LogP contribution in [0.4, 0.5) is 0 Å². The molecule has 78 valence electrons. The van der Waals surface area contributed by atoms with Crippen molar-refractivity contribution in [1.29, 1.82) is 0 Å². The van der Waals surface area contributed by atoms with E-state index in [1.54, 1.807) is 6.08 Å². The van der Waals surface area contributed by atoms with E-state index in [9.17, 15) is 4.79 Å². The van der Waals surface area contributed by atoms with E-state index in [0.717, 1.165) is 25.9 Å². The molecule has 0 saturated carbocycles. The predicted molar refractivity (Wildman–Crippen MR) is 57.1 cm³/mol. The Morgan fingerprint density at radius 1 is 1.71 bits per heavy atom. The van der Waals surface area contributed by atoms with E-state index in [4.69, 9.17) is 0 Å². The number of carbonyl (C=O) groups is 1. The van der Waals surface area contributed by atoms with Crippen LogP contribution in [0.1, 0.15) is 19.3 Å². The lowest BCUT2D eigenvalue weighted by Gasteiger charge is -2.32. The molecule has 1 atom stereocenters. The number of hydrogen-bond acceptors (Lipinski definition) is 3. The monoisotopic (exact) mass is 195 g/mol. The lowest BCUT2D eigenvalue weighted by atomic mass is 10.1. The van der Waals surface area contributed by atoms with E-state index in [2.05, 4.69) is 23.8 Å². The predicted octanol–water partition coefficient (Wildman–Crippen LogP) is 0.759. The Labute approximate surface area is 84.7 Å². The Hall–Kier alpha value is -1.32. The van der Waals surface area contributed by atoms with E-state index in [-0.39, 0.29) is 11.9 Å². The first kappa shape index (κ1) is 10.8. The van der Waals surface area contributed by atoms with Gasteiger partial charge in [0.1, 0.15) is 0 Å². The molecule has 0 aromatic rings. The Balaban J connectivity index is 2.42. The highest BCUT2D eigenvalue weighted by molar-refractivity contribution is 5.77. The van der Waals surface area contributed by atoms with E-state index in [1.807, 2.05) is 4.90 Å². The minimum atomic E-state index is 0.149. The first-order valence-corrected chi connectivity index (χ1v) is 4.88. The quantitative estimate of drug-likeness (QED) is 0.409. The zero-order chi connectivity index (χ0) is 10.4. The number of rotatable bonds is 4. The number of hydrogen-bond donors (Lipinski definition) is 1. The van der Waals surface area contributed by atoms with Crippen LogP contribution in [0.2, 0.25) is 0 Å². The molecule has 1 aliphatic rings. The van der Waals surface area contributed by atoms with Gasteiger partial charge in [-0.3, -0.25) is 4.79 Å². The summed E-state index contributed by atoms with van der Waals surface area (Å²) in [4.78, 5) is 13.4. The van der Waals surface area contributed by atoms with E-state index >= 15 is 0 Å². The lowest BCUT2D eigenvalue weighted by molar-refractivity contribution is -0.131. The molecular weight excluding hydrogens is 178 g/mol. The van der Waals surface area contributed by atoms with Crippen molar-refractivity contribution in [3.05, 3.63) is 12.7 Å². The fourth-order valence-corrected chi connectivity index (χ4v) is 1.69. The normalized spacial score (nSPS) is 21.4. The minimum absolute atomic E-state index is 0.149. The van der Waals surface area contributed by atoms with Crippen molar-refractivity contribution < 1.29 is 4.79 Å². The molecule has 0 aromatic carbocycles. The third-order valence-electron chi connectivity index (χ3n) is 2.37. The topological polar surface area (TPSA) is 44.7 Å². The summed E-state index contributed by atoms with van der Waals surface area (Å²) in [6, 6.07) is 0.259. The van der Waals surface area contributed by atoms with Crippen LogP contribution in [0, 0.1) is 0 Å². The van der Waals surface area contributed by atoms with E-state index in [1.165, 1.54) is 0 Å². The van der Waals surface area contributed by atoms with Crippen LogP contribution in [0.25, 0.3) is 0 Å². The summed E-state index contributed by atoms with van der Waals surface area (Å²) in [5, 5.41) is 3.64. The maximum absolute atomic E-state index is 11.5. The zero-order valence-corrected chi connectivity index (χ0v) is 8.41. The van der Waals surface area contributed by atoms with Gasteiger partial charge < -0.3 is 10.3 Å². The molecule has 1 aliphatic heterocycles. The second kappa shape index (κ2) is 5.42. The highest BCUT2D eigenvalue weighted by Crippen LogP contribution is 2.11. The third-order valence-corrected chi connectivity index (χ3v) is 2.37. The van der Waals surface area contributed by atoms with Crippen molar-refractivity contribution in [1.82, 2.24) is 10.3 Å². The maximum Gasteiger partial charge on any atom is 0.226 e. The molecule has 0 aliphatic carbocycles. The van der Waals surface area contributed by atoms with Gasteiger partial charge in [-0.05, 0) is 12.8 Å². The first-order valence-electron chi connectivity index (χ1n) is 4.88. The number of amides is 1. The first-order chi connectivity index (χ1) is 6.77. The third kappa shape index (κ3) is 2.87. The molecule has 4 heteroatoms.